The molecule has 0 saturated heterocycles. The number of carbonyl (C=O) groups excluding carboxylic acids is 1. The van der Waals surface area contributed by atoms with Gasteiger partial charge in [0, 0.05) is 30.4 Å². The van der Waals surface area contributed by atoms with Gasteiger partial charge >= 0.3 is 0 Å². The summed E-state index contributed by atoms with van der Waals surface area (Å²) in [7, 11) is 1.61. The highest BCUT2D eigenvalue weighted by Crippen LogP contribution is 2.24. The summed E-state index contributed by atoms with van der Waals surface area (Å²) in [5.74, 6) is -0.661. The van der Waals surface area contributed by atoms with Gasteiger partial charge in [0.2, 0.25) is 5.13 Å². The molecular formula is C19H14ClFN4OS. The summed E-state index contributed by atoms with van der Waals surface area (Å²) in [6.07, 6.45) is 3.12. The lowest BCUT2D eigenvalue weighted by atomic mass is 10.2. The number of fused-ring (bicyclic) bond motifs is 1. The summed E-state index contributed by atoms with van der Waals surface area (Å²) in [6, 6.07) is 12.1. The molecule has 0 aliphatic carbocycles. The number of hydrogen-bond donors (Lipinski definition) is 0. The maximum Gasteiger partial charge on any atom is 0.257 e. The molecule has 4 aromatic rings. The molecule has 2 aromatic carbocycles. The maximum atomic E-state index is 13.9. The summed E-state index contributed by atoms with van der Waals surface area (Å²) in [5, 5.41) is 5.35. The molecule has 1 amide bonds. The summed E-state index contributed by atoms with van der Waals surface area (Å²) < 4.78 is 16.5. The maximum absolute atomic E-state index is 13.9. The van der Waals surface area contributed by atoms with Crippen molar-refractivity contribution in [3.05, 3.63) is 76.8 Å². The van der Waals surface area contributed by atoms with E-state index in [4.69, 9.17) is 11.6 Å². The predicted octanol–water partition coefficient (Wildman–Crippen LogP) is 4.55. The van der Waals surface area contributed by atoms with E-state index in [0.717, 1.165) is 10.2 Å². The summed E-state index contributed by atoms with van der Waals surface area (Å²) in [6.45, 7) is 0.109. The van der Waals surface area contributed by atoms with Gasteiger partial charge < -0.3 is 4.90 Å². The van der Waals surface area contributed by atoms with E-state index >= 15 is 0 Å². The second-order valence-corrected chi connectivity index (χ2v) is 7.48. The van der Waals surface area contributed by atoms with Gasteiger partial charge in [-0.15, -0.1) is 0 Å². The van der Waals surface area contributed by atoms with Crippen molar-refractivity contribution in [3.63, 3.8) is 0 Å². The number of aromatic nitrogens is 3. The van der Waals surface area contributed by atoms with Gasteiger partial charge in [0.25, 0.3) is 5.91 Å². The van der Waals surface area contributed by atoms with E-state index in [2.05, 4.69) is 10.1 Å². The average molecular weight is 401 g/mol. The number of rotatable bonds is 4. The highest BCUT2D eigenvalue weighted by Gasteiger charge is 2.17. The number of carbonyl (C=O) groups is 1. The Hall–Kier alpha value is -2.77. The second-order valence-electron chi connectivity index (χ2n) is 6.03. The molecule has 27 heavy (non-hydrogen) atoms. The molecule has 0 fully saturated rings. The minimum Gasteiger partial charge on any atom is -0.337 e. The lowest BCUT2D eigenvalue weighted by Gasteiger charge is -2.16. The van der Waals surface area contributed by atoms with Crippen LogP contribution in [0.2, 0.25) is 5.02 Å². The smallest absolute Gasteiger partial charge is 0.257 e. The molecule has 0 bridgehead atoms. The van der Waals surface area contributed by atoms with Crippen LogP contribution in [0.1, 0.15) is 15.9 Å². The zero-order valence-electron chi connectivity index (χ0n) is 14.3. The number of amides is 1. The van der Waals surface area contributed by atoms with Crippen molar-refractivity contribution in [1.82, 2.24) is 19.7 Å². The van der Waals surface area contributed by atoms with Crippen LogP contribution in [0.3, 0.4) is 0 Å². The quantitative estimate of drug-likeness (QED) is 0.505. The first-order valence-corrected chi connectivity index (χ1v) is 9.31. The first-order valence-electron chi connectivity index (χ1n) is 8.11. The number of benzene rings is 2. The Morgan fingerprint density at radius 2 is 2.11 bits per heavy atom. The van der Waals surface area contributed by atoms with E-state index in [-0.39, 0.29) is 12.5 Å². The van der Waals surface area contributed by atoms with Crippen LogP contribution in [0, 0.1) is 5.82 Å². The predicted molar refractivity (Wildman–Crippen MR) is 104 cm³/mol. The normalized spacial score (nSPS) is 11.1. The van der Waals surface area contributed by atoms with E-state index in [9.17, 15) is 9.18 Å². The monoisotopic (exact) mass is 400 g/mol. The van der Waals surface area contributed by atoms with E-state index in [1.165, 1.54) is 40.6 Å². The highest BCUT2D eigenvalue weighted by molar-refractivity contribution is 7.20. The zero-order valence-corrected chi connectivity index (χ0v) is 15.8. The fraction of sp³-hybridized carbons (Fsp3) is 0.105. The van der Waals surface area contributed by atoms with Crippen molar-refractivity contribution in [2.45, 2.75) is 6.54 Å². The molecule has 0 radical (unpaired) electrons. The topological polar surface area (TPSA) is 51.0 Å². The van der Waals surface area contributed by atoms with E-state index in [0.29, 0.717) is 21.3 Å². The average Bonchev–Trinajstić information content (AvgIpc) is 3.30. The Morgan fingerprint density at radius 3 is 2.93 bits per heavy atom. The Balaban J connectivity index is 1.55. The van der Waals surface area contributed by atoms with Gasteiger partial charge in [-0.3, -0.25) is 4.79 Å². The van der Waals surface area contributed by atoms with Gasteiger partial charge in [-0.1, -0.05) is 35.1 Å². The first kappa shape index (κ1) is 17.6. The SMILES string of the molecule is CN(Cc1cc(Cl)ccc1F)C(=O)c1cnn(-c2nc3ccccc3s2)c1. The number of hydrogen-bond acceptors (Lipinski definition) is 4. The molecule has 4 rings (SSSR count). The summed E-state index contributed by atoms with van der Waals surface area (Å²) in [5.41, 5.74) is 1.64. The van der Waals surface area contributed by atoms with Gasteiger partial charge in [0.1, 0.15) is 5.82 Å². The number of halogens is 2. The van der Waals surface area contributed by atoms with Crippen LogP contribution in [0.5, 0.6) is 0 Å². The Labute approximate surface area is 163 Å². The molecule has 0 unspecified atom stereocenters. The van der Waals surface area contributed by atoms with Crippen LogP contribution < -0.4 is 0 Å². The van der Waals surface area contributed by atoms with Gasteiger partial charge in [-0.2, -0.15) is 5.10 Å². The van der Waals surface area contributed by atoms with Crippen LogP contribution in [-0.4, -0.2) is 32.6 Å². The molecule has 136 valence electrons. The van der Waals surface area contributed by atoms with Crippen molar-refractivity contribution in [1.29, 1.82) is 0 Å². The molecule has 0 atom stereocenters. The second kappa shape index (κ2) is 7.09. The van der Waals surface area contributed by atoms with Crippen molar-refractivity contribution in [2.75, 3.05) is 7.05 Å². The standard InChI is InChI=1S/C19H14ClFN4OS/c1-24(10-12-8-14(20)6-7-15(12)21)18(26)13-9-22-25(11-13)19-23-16-4-2-3-5-17(16)27-19/h2-9,11H,10H2,1H3. The van der Waals surface area contributed by atoms with Crippen molar-refractivity contribution >= 4 is 39.1 Å². The fourth-order valence-corrected chi connectivity index (χ4v) is 3.80. The number of nitrogens with zero attached hydrogens (tertiary/aromatic N) is 4. The van der Waals surface area contributed by atoms with E-state index in [1.807, 2.05) is 24.3 Å². The fourth-order valence-electron chi connectivity index (χ4n) is 2.71. The third-order valence-corrected chi connectivity index (χ3v) is 5.33. The number of para-hydroxylation sites is 1. The molecule has 0 N–H and O–H groups in total. The van der Waals surface area contributed by atoms with Gasteiger partial charge in [-0.25, -0.2) is 14.1 Å². The lowest BCUT2D eigenvalue weighted by molar-refractivity contribution is 0.0784. The van der Waals surface area contributed by atoms with Gasteiger partial charge in [0.05, 0.1) is 22.0 Å². The van der Waals surface area contributed by atoms with Crippen molar-refractivity contribution < 1.29 is 9.18 Å². The van der Waals surface area contributed by atoms with Crippen LogP contribution in [0.4, 0.5) is 4.39 Å². The molecule has 0 spiro atoms. The molecule has 0 aliphatic heterocycles. The molecule has 0 aliphatic rings. The van der Waals surface area contributed by atoms with Crippen LogP contribution in [0.25, 0.3) is 15.3 Å². The Kier molecular flexibility index (Phi) is 4.63. The lowest BCUT2D eigenvalue weighted by Crippen LogP contribution is -2.26. The molecule has 8 heteroatoms. The van der Waals surface area contributed by atoms with Crippen LogP contribution in [-0.2, 0) is 6.54 Å². The van der Waals surface area contributed by atoms with Crippen LogP contribution in [0.15, 0.2) is 54.9 Å². The van der Waals surface area contributed by atoms with E-state index in [1.54, 1.807) is 17.9 Å². The van der Waals surface area contributed by atoms with E-state index < -0.39 is 5.82 Å². The minimum atomic E-state index is -0.399. The van der Waals surface area contributed by atoms with Crippen molar-refractivity contribution in [3.8, 4) is 5.13 Å². The highest BCUT2D eigenvalue weighted by atomic mass is 35.5. The molecule has 2 heterocycles. The summed E-state index contributed by atoms with van der Waals surface area (Å²) in [4.78, 5) is 18.6. The molecule has 2 aromatic heterocycles. The van der Waals surface area contributed by atoms with Gasteiger partial charge in [0.15, 0.2) is 0 Å². The largest absolute Gasteiger partial charge is 0.337 e. The Morgan fingerprint density at radius 1 is 1.30 bits per heavy atom. The molecular weight excluding hydrogens is 387 g/mol. The minimum absolute atomic E-state index is 0.109. The molecule has 5 nitrogen and oxygen atoms in total. The number of thiazole rings is 1. The Bertz CT molecular complexity index is 1110. The zero-order chi connectivity index (χ0) is 19.0. The third kappa shape index (κ3) is 3.56. The first-order chi connectivity index (χ1) is 13.0. The van der Waals surface area contributed by atoms with Gasteiger partial charge in [-0.05, 0) is 30.3 Å². The third-order valence-electron chi connectivity index (χ3n) is 4.07. The summed E-state index contributed by atoms with van der Waals surface area (Å²) >= 11 is 7.40. The van der Waals surface area contributed by atoms with Crippen molar-refractivity contribution in [2.24, 2.45) is 0 Å². The molecule has 0 saturated carbocycles. The van der Waals surface area contributed by atoms with Crippen LogP contribution >= 0.6 is 22.9 Å².